The SMILES string of the molecule is COc1cc(C(=O)OCc2cccnc2C#N)ccc1N. The highest BCUT2D eigenvalue weighted by molar-refractivity contribution is 5.90. The van der Waals surface area contributed by atoms with Crippen molar-refractivity contribution < 1.29 is 14.3 Å². The molecule has 2 N–H and O–H groups in total. The number of hydrogen-bond donors (Lipinski definition) is 1. The van der Waals surface area contributed by atoms with E-state index in [9.17, 15) is 4.79 Å². The van der Waals surface area contributed by atoms with Crippen molar-refractivity contribution >= 4 is 11.7 Å². The molecule has 0 radical (unpaired) electrons. The summed E-state index contributed by atoms with van der Waals surface area (Å²) in [5, 5.41) is 8.92. The van der Waals surface area contributed by atoms with Gasteiger partial charge in [-0.3, -0.25) is 0 Å². The monoisotopic (exact) mass is 283 g/mol. The van der Waals surface area contributed by atoms with E-state index in [0.717, 1.165) is 0 Å². The van der Waals surface area contributed by atoms with Crippen LogP contribution in [-0.4, -0.2) is 18.1 Å². The first-order valence-electron chi connectivity index (χ1n) is 6.10. The number of benzene rings is 1. The Morgan fingerprint density at radius 1 is 1.43 bits per heavy atom. The number of nitrogens with two attached hydrogens (primary N) is 1. The van der Waals surface area contributed by atoms with Crippen molar-refractivity contribution in [3.05, 3.63) is 53.3 Å². The summed E-state index contributed by atoms with van der Waals surface area (Å²) in [6.07, 6.45) is 1.51. The summed E-state index contributed by atoms with van der Waals surface area (Å²) in [5.41, 5.74) is 7.23. The van der Waals surface area contributed by atoms with E-state index in [1.54, 1.807) is 24.3 Å². The van der Waals surface area contributed by atoms with E-state index in [0.29, 0.717) is 22.6 Å². The molecular weight excluding hydrogens is 270 g/mol. The number of hydrogen-bond acceptors (Lipinski definition) is 6. The Balaban J connectivity index is 2.10. The number of nitrogen functional groups attached to an aromatic ring is 1. The summed E-state index contributed by atoms with van der Waals surface area (Å²) < 4.78 is 10.2. The minimum atomic E-state index is -0.527. The fourth-order valence-corrected chi connectivity index (χ4v) is 1.72. The third-order valence-corrected chi connectivity index (χ3v) is 2.83. The maximum absolute atomic E-state index is 12.0. The molecule has 0 amide bonds. The maximum Gasteiger partial charge on any atom is 0.338 e. The first-order chi connectivity index (χ1) is 10.2. The van der Waals surface area contributed by atoms with Crippen LogP contribution in [0.25, 0.3) is 0 Å². The number of aromatic nitrogens is 1. The van der Waals surface area contributed by atoms with Gasteiger partial charge in [-0.2, -0.15) is 5.26 Å². The second kappa shape index (κ2) is 6.39. The molecule has 2 rings (SSSR count). The maximum atomic E-state index is 12.0. The second-order valence-electron chi connectivity index (χ2n) is 4.16. The summed E-state index contributed by atoms with van der Waals surface area (Å²) in [7, 11) is 1.47. The molecule has 6 heteroatoms. The van der Waals surface area contributed by atoms with Crippen molar-refractivity contribution in [2.75, 3.05) is 12.8 Å². The lowest BCUT2D eigenvalue weighted by molar-refractivity contribution is 0.0472. The van der Waals surface area contributed by atoms with Crippen LogP contribution < -0.4 is 10.5 Å². The van der Waals surface area contributed by atoms with E-state index in [1.165, 1.54) is 19.4 Å². The highest BCUT2D eigenvalue weighted by Gasteiger charge is 2.12. The molecule has 0 spiro atoms. The van der Waals surface area contributed by atoms with Crippen molar-refractivity contribution in [1.82, 2.24) is 4.98 Å². The molecule has 1 heterocycles. The molecule has 0 saturated heterocycles. The largest absolute Gasteiger partial charge is 0.495 e. The van der Waals surface area contributed by atoms with Gasteiger partial charge in [0.1, 0.15) is 24.1 Å². The van der Waals surface area contributed by atoms with E-state index in [2.05, 4.69) is 4.98 Å². The lowest BCUT2D eigenvalue weighted by Crippen LogP contribution is -2.07. The van der Waals surface area contributed by atoms with Crippen molar-refractivity contribution in [2.45, 2.75) is 6.61 Å². The summed E-state index contributed by atoms with van der Waals surface area (Å²) in [5.74, 6) is -0.121. The van der Waals surface area contributed by atoms with Crippen molar-refractivity contribution in [2.24, 2.45) is 0 Å². The van der Waals surface area contributed by atoms with Gasteiger partial charge in [0.25, 0.3) is 0 Å². The van der Waals surface area contributed by atoms with Crippen LogP contribution in [0, 0.1) is 11.3 Å². The van der Waals surface area contributed by atoms with Crippen LogP contribution in [0.5, 0.6) is 5.75 Å². The zero-order chi connectivity index (χ0) is 15.2. The zero-order valence-electron chi connectivity index (χ0n) is 11.4. The molecule has 0 aliphatic carbocycles. The summed E-state index contributed by atoms with van der Waals surface area (Å²) in [4.78, 5) is 15.9. The van der Waals surface area contributed by atoms with Crippen LogP contribution in [-0.2, 0) is 11.3 Å². The fourth-order valence-electron chi connectivity index (χ4n) is 1.72. The number of carbonyl (C=O) groups excluding carboxylic acids is 1. The van der Waals surface area contributed by atoms with E-state index in [1.807, 2.05) is 6.07 Å². The fraction of sp³-hybridized carbons (Fsp3) is 0.133. The van der Waals surface area contributed by atoms with Gasteiger partial charge >= 0.3 is 5.97 Å². The molecule has 0 atom stereocenters. The van der Waals surface area contributed by atoms with Gasteiger partial charge in [0.05, 0.1) is 18.4 Å². The molecular formula is C15H13N3O3. The number of anilines is 1. The molecule has 1 aromatic carbocycles. The van der Waals surface area contributed by atoms with Crippen LogP contribution >= 0.6 is 0 Å². The molecule has 0 aliphatic rings. The normalized spacial score (nSPS) is 9.71. The quantitative estimate of drug-likeness (QED) is 0.679. The van der Waals surface area contributed by atoms with Crippen LogP contribution in [0.2, 0.25) is 0 Å². The van der Waals surface area contributed by atoms with Crippen LogP contribution in [0.4, 0.5) is 5.69 Å². The van der Waals surface area contributed by atoms with Crippen LogP contribution in [0.15, 0.2) is 36.5 Å². The molecule has 0 fully saturated rings. The number of methoxy groups -OCH3 is 1. The molecule has 0 saturated carbocycles. The summed E-state index contributed by atoms with van der Waals surface area (Å²) in [6.45, 7) is -0.0255. The predicted molar refractivity (Wildman–Crippen MR) is 75.5 cm³/mol. The van der Waals surface area contributed by atoms with Gasteiger partial charge in [0, 0.05) is 11.8 Å². The third kappa shape index (κ3) is 3.28. The molecule has 0 aliphatic heterocycles. The van der Waals surface area contributed by atoms with Crippen molar-refractivity contribution in [3.8, 4) is 11.8 Å². The van der Waals surface area contributed by atoms with Gasteiger partial charge in [-0.1, -0.05) is 6.07 Å². The van der Waals surface area contributed by atoms with E-state index in [4.69, 9.17) is 20.5 Å². The van der Waals surface area contributed by atoms with Crippen molar-refractivity contribution in [1.29, 1.82) is 5.26 Å². The van der Waals surface area contributed by atoms with Crippen molar-refractivity contribution in [3.63, 3.8) is 0 Å². The minimum absolute atomic E-state index is 0.0255. The highest BCUT2D eigenvalue weighted by atomic mass is 16.5. The zero-order valence-corrected chi connectivity index (χ0v) is 11.4. The topological polar surface area (TPSA) is 98.2 Å². The van der Waals surface area contributed by atoms with Gasteiger partial charge in [0.2, 0.25) is 0 Å². The average Bonchev–Trinajstić information content (AvgIpc) is 2.53. The first-order valence-corrected chi connectivity index (χ1v) is 6.10. The predicted octanol–water partition coefficient (Wildman–Crippen LogP) is 1.90. The molecule has 6 nitrogen and oxygen atoms in total. The Kier molecular flexibility index (Phi) is 4.36. The number of nitriles is 1. The second-order valence-corrected chi connectivity index (χ2v) is 4.16. The molecule has 1 aromatic heterocycles. The van der Waals surface area contributed by atoms with Gasteiger partial charge in [0.15, 0.2) is 0 Å². The summed E-state index contributed by atoms with van der Waals surface area (Å²) in [6, 6.07) is 9.93. The molecule has 106 valence electrons. The molecule has 0 unspecified atom stereocenters. The van der Waals surface area contributed by atoms with E-state index >= 15 is 0 Å². The summed E-state index contributed by atoms with van der Waals surface area (Å²) >= 11 is 0. The van der Waals surface area contributed by atoms with E-state index in [-0.39, 0.29) is 12.3 Å². The van der Waals surface area contributed by atoms with Gasteiger partial charge in [-0.15, -0.1) is 0 Å². The standard InChI is InChI=1S/C15H13N3O3/c1-20-14-7-10(4-5-12(14)17)15(19)21-9-11-3-2-6-18-13(11)8-16/h2-7H,9,17H2,1H3. The lowest BCUT2D eigenvalue weighted by Gasteiger charge is -2.08. The number of nitrogens with zero attached hydrogens (tertiary/aromatic N) is 2. The number of pyridine rings is 1. The minimum Gasteiger partial charge on any atom is -0.495 e. The smallest absolute Gasteiger partial charge is 0.338 e. The van der Waals surface area contributed by atoms with Crippen LogP contribution in [0.3, 0.4) is 0 Å². The number of ether oxygens (including phenoxy) is 2. The molecule has 21 heavy (non-hydrogen) atoms. The lowest BCUT2D eigenvalue weighted by atomic mass is 10.2. The van der Waals surface area contributed by atoms with Gasteiger partial charge in [-0.05, 0) is 24.3 Å². The Hall–Kier alpha value is -3.07. The highest BCUT2D eigenvalue weighted by Crippen LogP contribution is 2.22. The third-order valence-electron chi connectivity index (χ3n) is 2.83. The number of esters is 1. The number of carbonyl (C=O) groups is 1. The first kappa shape index (κ1) is 14.3. The van der Waals surface area contributed by atoms with Gasteiger partial charge < -0.3 is 15.2 Å². The Morgan fingerprint density at radius 3 is 2.95 bits per heavy atom. The average molecular weight is 283 g/mol. The van der Waals surface area contributed by atoms with E-state index < -0.39 is 5.97 Å². The Bertz CT molecular complexity index is 708. The molecule has 0 bridgehead atoms. The molecule has 2 aromatic rings. The Morgan fingerprint density at radius 2 is 2.24 bits per heavy atom. The van der Waals surface area contributed by atoms with Gasteiger partial charge in [-0.25, -0.2) is 9.78 Å². The number of rotatable bonds is 4. The van der Waals surface area contributed by atoms with Crippen LogP contribution in [0.1, 0.15) is 21.6 Å². The Labute approximate surface area is 121 Å².